The van der Waals surface area contributed by atoms with Gasteiger partial charge in [-0.05, 0) is 6.42 Å². The van der Waals surface area contributed by atoms with E-state index in [1.54, 1.807) is 0 Å². The molecule has 0 fully saturated rings. The zero-order valence-electron chi connectivity index (χ0n) is 9.47. The molecule has 0 N–H and O–H groups in total. The van der Waals surface area contributed by atoms with E-state index in [1.165, 1.54) is 37.7 Å². The minimum Gasteiger partial charge on any atom is -0.269 e. The molecule has 0 spiro atoms. The van der Waals surface area contributed by atoms with Gasteiger partial charge in [0.1, 0.15) is 0 Å². The molecular weight excluding hydrogens is 247 g/mol. The second-order valence-electron chi connectivity index (χ2n) is 3.84. The minimum atomic E-state index is 0. The van der Waals surface area contributed by atoms with Crippen molar-refractivity contribution in [1.82, 2.24) is 0 Å². The third-order valence-electron chi connectivity index (χ3n) is 2.81. The third-order valence-corrected chi connectivity index (χ3v) is 2.81. The van der Waals surface area contributed by atoms with Crippen LogP contribution in [0.25, 0.3) is 0 Å². The molecule has 0 aromatic carbocycles. The third kappa shape index (κ3) is 4.73. The van der Waals surface area contributed by atoms with Crippen LogP contribution in [0.2, 0.25) is 0 Å². The summed E-state index contributed by atoms with van der Waals surface area (Å²) in [6.07, 6.45) is 15.7. The SMILES string of the molecule is CCCCCC(CC)C1=[C-]CC=C1.[Zr]. The first kappa shape index (κ1) is 14.4. The standard InChI is InChI=1S/C13H21.Zr/c1-3-5-6-9-12(4-2)13-10-7-8-11-13;/h7,10,12H,3-6,8-9H2,1-2H3;/q-1;. The average molecular weight is 269 g/mol. The van der Waals surface area contributed by atoms with E-state index in [2.05, 4.69) is 32.1 Å². The number of unbranched alkanes of at least 4 members (excludes halogenated alkanes) is 2. The Kier molecular flexibility index (Phi) is 8.88. The van der Waals surface area contributed by atoms with Crippen molar-refractivity contribution in [2.24, 2.45) is 5.92 Å². The van der Waals surface area contributed by atoms with Crippen LogP contribution >= 0.6 is 0 Å². The molecule has 1 aliphatic carbocycles. The molecule has 14 heavy (non-hydrogen) atoms. The minimum absolute atomic E-state index is 0. The molecule has 0 bridgehead atoms. The Labute approximate surface area is 108 Å². The van der Waals surface area contributed by atoms with Crippen molar-refractivity contribution in [3.63, 3.8) is 0 Å². The van der Waals surface area contributed by atoms with Crippen molar-refractivity contribution in [1.29, 1.82) is 0 Å². The van der Waals surface area contributed by atoms with E-state index in [0.717, 1.165) is 12.3 Å². The second kappa shape index (κ2) is 8.65. The van der Waals surface area contributed by atoms with Gasteiger partial charge in [0.25, 0.3) is 0 Å². The topological polar surface area (TPSA) is 0 Å². The van der Waals surface area contributed by atoms with Gasteiger partial charge in [0.15, 0.2) is 0 Å². The number of hydrogen-bond donors (Lipinski definition) is 0. The van der Waals surface area contributed by atoms with Gasteiger partial charge < -0.3 is 0 Å². The van der Waals surface area contributed by atoms with E-state index in [-0.39, 0.29) is 26.2 Å². The molecule has 1 heteroatoms. The summed E-state index contributed by atoms with van der Waals surface area (Å²) in [7, 11) is 0. The quantitative estimate of drug-likeness (QED) is 0.498. The van der Waals surface area contributed by atoms with Gasteiger partial charge in [0, 0.05) is 26.2 Å². The molecule has 0 radical (unpaired) electrons. The van der Waals surface area contributed by atoms with E-state index in [1.807, 2.05) is 0 Å². The molecular formula is C13H21Zr-. The van der Waals surface area contributed by atoms with Crippen LogP contribution in [0.15, 0.2) is 17.7 Å². The summed E-state index contributed by atoms with van der Waals surface area (Å²) in [6.45, 7) is 4.55. The van der Waals surface area contributed by atoms with Gasteiger partial charge in [0.05, 0.1) is 0 Å². The summed E-state index contributed by atoms with van der Waals surface area (Å²) in [5.74, 6) is 0.783. The normalized spacial score (nSPS) is 16.3. The fraction of sp³-hybridized carbons (Fsp3) is 0.692. The Bertz CT molecular complexity index is 191. The predicted molar refractivity (Wildman–Crippen MR) is 58.4 cm³/mol. The Morgan fingerprint density at radius 3 is 2.64 bits per heavy atom. The molecule has 0 saturated carbocycles. The molecule has 1 rings (SSSR count). The van der Waals surface area contributed by atoms with Crippen LogP contribution in [0.1, 0.15) is 52.4 Å². The summed E-state index contributed by atoms with van der Waals surface area (Å²) >= 11 is 0. The van der Waals surface area contributed by atoms with Crippen LogP contribution in [0.5, 0.6) is 0 Å². The smallest absolute Gasteiger partial charge is 0 e. The van der Waals surface area contributed by atoms with Crippen LogP contribution in [-0.4, -0.2) is 0 Å². The number of hydrogen-bond acceptors (Lipinski definition) is 0. The Hall–Kier alpha value is 0.363. The summed E-state index contributed by atoms with van der Waals surface area (Å²) in [5.41, 5.74) is 1.47. The molecule has 78 valence electrons. The van der Waals surface area contributed by atoms with Gasteiger partial charge >= 0.3 is 0 Å². The van der Waals surface area contributed by atoms with Crippen LogP contribution in [-0.2, 0) is 26.2 Å². The van der Waals surface area contributed by atoms with Gasteiger partial charge in [-0.15, -0.1) is 6.42 Å². The summed E-state index contributed by atoms with van der Waals surface area (Å²) in [6, 6.07) is 0. The Morgan fingerprint density at radius 1 is 1.36 bits per heavy atom. The van der Waals surface area contributed by atoms with E-state index in [0.29, 0.717) is 0 Å². The predicted octanol–water partition coefficient (Wildman–Crippen LogP) is 4.28. The molecule has 1 atom stereocenters. The number of allylic oxidation sites excluding steroid dienone is 4. The molecule has 0 aromatic heterocycles. The van der Waals surface area contributed by atoms with Crippen LogP contribution in [0.3, 0.4) is 0 Å². The largest absolute Gasteiger partial charge is 0.269 e. The van der Waals surface area contributed by atoms with E-state index >= 15 is 0 Å². The first-order chi connectivity index (χ1) is 6.38. The molecule has 0 amide bonds. The average Bonchev–Trinajstić information content (AvgIpc) is 2.65. The number of rotatable bonds is 6. The zero-order valence-corrected chi connectivity index (χ0v) is 11.9. The molecule has 0 saturated heterocycles. The van der Waals surface area contributed by atoms with Gasteiger partial charge in [-0.25, -0.2) is 11.6 Å². The van der Waals surface area contributed by atoms with E-state index in [4.69, 9.17) is 0 Å². The van der Waals surface area contributed by atoms with Gasteiger partial charge in [-0.3, -0.25) is 6.08 Å². The second-order valence-corrected chi connectivity index (χ2v) is 3.84. The van der Waals surface area contributed by atoms with Gasteiger partial charge in [0.2, 0.25) is 0 Å². The van der Waals surface area contributed by atoms with E-state index in [9.17, 15) is 0 Å². The maximum absolute atomic E-state index is 3.44. The van der Waals surface area contributed by atoms with E-state index < -0.39 is 0 Å². The fourth-order valence-electron chi connectivity index (χ4n) is 1.92. The zero-order chi connectivity index (χ0) is 9.52. The molecule has 1 aliphatic rings. The first-order valence-electron chi connectivity index (χ1n) is 5.65. The fourth-order valence-corrected chi connectivity index (χ4v) is 1.92. The van der Waals surface area contributed by atoms with Crippen molar-refractivity contribution in [3.05, 3.63) is 23.8 Å². The monoisotopic (exact) mass is 267 g/mol. The van der Waals surface area contributed by atoms with Gasteiger partial charge in [-0.1, -0.05) is 45.4 Å². The van der Waals surface area contributed by atoms with Crippen molar-refractivity contribution in [2.75, 3.05) is 0 Å². The Morgan fingerprint density at radius 2 is 2.14 bits per heavy atom. The summed E-state index contributed by atoms with van der Waals surface area (Å²) < 4.78 is 0. The van der Waals surface area contributed by atoms with Crippen molar-refractivity contribution in [2.45, 2.75) is 52.4 Å². The molecule has 0 aliphatic heterocycles. The molecule has 0 heterocycles. The van der Waals surface area contributed by atoms with Crippen molar-refractivity contribution < 1.29 is 26.2 Å². The summed E-state index contributed by atoms with van der Waals surface area (Å²) in [4.78, 5) is 0. The molecule has 1 unspecified atom stereocenters. The van der Waals surface area contributed by atoms with Gasteiger partial charge in [-0.2, -0.15) is 6.08 Å². The van der Waals surface area contributed by atoms with Crippen LogP contribution in [0, 0.1) is 12.0 Å². The Balaban J connectivity index is 0.00000169. The molecule has 0 nitrogen and oxygen atoms in total. The maximum atomic E-state index is 3.44. The maximum Gasteiger partial charge on any atom is 0 e. The summed E-state index contributed by atoms with van der Waals surface area (Å²) in [5, 5.41) is 0. The van der Waals surface area contributed by atoms with Crippen LogP contribution < -0.4 is 0 Å². The van der Waals surface area contributed by atoms with Crippen molar-refractivity contribution >= 4 is 0 Å². The first-order valence-corrected chi connectivity index (χ1v) is 5.65. The van der Waals surface area contributed by atoms with Crippen LogP contribution in [0.4, 0.5) is 0 Å². The molecule has 0 aromatic rings. The van der Waals surface area contributed by atoms with Crippen molar-refractivity contribution in [3.8, 4) is 0 Å².